The van der Waals surface area contributed by atoms with Gasteiger partial charge in [0.05, 0.1) is 15.5 Å². The van der Waals surface area contributed by atoms with E-state index in [1.807, 2.05) is 0 Å². The number of nitrogens with zero attached hydrogens (tertiary/aromatic N) is 2. The van der Waals surface area contributed by atoms with Crippen molar-refractivity contribution in [2.75, 3.05) is 26.0 Å². The molecule has 1 rings (SSSR count). The van der Waals surface area contributed by atoms with Gasteiger partial charge in [-0.05, 0) is 22.0 Å². The predicted octanol–water partition coefficient (Wildman–Crippen LogP) is 2.39. The summed E-state index contributed by atoms with van der Waals surface area (Å²) in [5.41, 5.74) is -0.192. The van der Waals surface area contributed by atoms with Crippen LogP contribution in [0, 0.1) is 15.9 Å². The smallest absolute Gasteiger partial charge is 0.295 e. The highest BCUT2D eigenvalue weighted by Gasteiger charge is 2.17. The van der Waals surface area contributed by atoms with Crippen LogP contribution in [0.1, 0.15) is 6.42 Å². The molecule has 0 fully saturated rings. The molecule has 0 atom stereocenters. The van der Waals surface area contributed by atoms with Gasteiger partial charge in [0.15, 0.2) is 0 Å². The number of nitro groups is 1. The Morgan fingerprint density at radius 1 is 1.53 bits per heavy atom. The maximum absolute atomic E-state index is 13.2. The molecule has 8 heteroatoms. The summed E-state index contributed by atoms with van der Waals surface area (Å²) in [5, 5.41) is 13.6. The molecule has 0 heterocycles. The first-order chi connectivity index (χ1) is 8.82. The van der Waals surface area contributed by atoms with Gasteiger partial charge in [-0.15, -0.1) is 0 Å². The molecule has 0 saturated heterocycles. The predicted molar refractivity (Wildman–Crippen MR) is 72.6 cm³/mol. The van der Waals surface area contributed by atoms with E-state index in [9.17, 15) is 19.3 Å². The van der Waals surface area contributed by atoms with E-state index >= 15 is 0 Å². The normalized spacial score (nSPS) is 10.1. The highest BCUT2D eigenvalue weighted by Crippen LogP contribution is 2.30. The number of nitrogens with one attached hydrogen (secondary N) is 1. The lowest BCUT2D eigenvalue weighted by molar-refractivity contribution is -0.384. The van der Waals surface area contributed by atoms with Crippen LogP contribution in [-0.4, -0.2) is 36.4 Å². The number of carbonyl (C=O) groups is 1. The van der Waals surface area contributed by atoms with Crippen LogP contribution in [0.3, 0.4) is 0 Å². The Kier molecular flexibility index (Phi) is 5.22. The zero-order chi connectivity index (χ0) is 14.6. The van der Waals surface area contributed by atoms with Crippen LogP contribution in [0.4, 0.5) is 15.8 Å². The number of rotatable bonds is 5. The third-order valence-corrected chi connectivity index (χ3v) is 3.00. The molecule has 0 saturated carbocycles. The number of nitro benzene ring substituents is 1. The Hall–Kier alpha value is -1.70. The van der Waals surface area contributed by atoms with E-state index in [0.717, 1.165) is 6.07 Å². The fraction of sp³-hybridized carbons (Fsp3) is 0.364. The number of anilines is 1. The minimum atomic E-state index is -0.707. The van der Waals surface area contributed by atoms with Crippen molar-refractivity contribution in [3.05, 3.63) is 32.5 Å². The Bertz CT molecular complexity index is 508. The van der Waals surface area contributed by atoms with Gasteiger partial charge >= 0.3 is 0 Å². The molecule has 1 aromatic carbocycles. The molecule has 0 aliphatic rings. The van der Waals surface area contributed by atoms with Crippen molar-refractivity contribution in [1.29, 1.82) is 0 Å². The van der Waals surface area contributed by atoms with Gasteiger partial charge in [0, 0.05) is 27.1 Å². The molecule has 1 N–H and O–H groups in total. The molecule has 0 unspecified atom stereocenters. The molecule has 1 aromatic rings. The first-order valence-corrected chi connectivity index (χ1v) is 6.19. The molecule has 0 spiro atoms. The van der Waals surface area contributed by atoms with Gasteiger partial charge in [0.2, 0.25) is 5.91 Å². The first-order valence-electron chi connectivity index (χ1n) is 5.40. The summed E-state index contributed by atoms with van der Waals surface area (Å²) in [7, 11) is 3.25. The van der Waals surface area contributed by atoms with Gasteiger partial charge in [-0.25, -0.2) is 4.39 Å². The number of amides is 1. The van der Waals surface area contributed by atoms with Crippen LogP contribution < -0.4 is 5.32 Å². The van der Waals surface area contributed by atoms with Gasteiger partial charge in [0.25, 0.3) is 5.69 Å². The van der Waals surface area contributed by atoms with E-state index in [0.29, 0.717) is 0 Å². The lowest BCUT2D eigenvalue weighted by Crippen LogP contribution is -2.24. The quantitative estimate of drug-likeness (QED) is 0.663. The summed E-state index contributed by atoms with van der Waals surface area (Å²) in [6.45, 7) is 0.232. The van der Waals surface area contributed by atoms with E-state index in [1.165, 1.54) is 11.0 Å². The zero-order valence-electron chi connectivity index (χ0n) is 10.4. The summed E-state index contributed by atoms with van der Waals surface area (Å²) < 4.78 is 13.4. The zero-order valence-corrected chi connectivity index (χ0v) is 12.0. The fourth-order valence-electron chi connectivity index (χ4n) is 1.36. The Balaban J connectivity index is 2.80. The van der Waals surface area contributed by atoms with Crippen molar-refractivity contribution >= 4 is 33.2 Å². The number of halogens is 2. The highest BCUT2D eigenvalue weighted by atomic mass is 79.9. The molecule has 6 nitrogen and oxygen atoms in total. The van der Waals surface area contributed by atoms with Crippen LogP contribution in [-0.2, 0) is 4.79 Å². The maximum Gasteiger partial charge on any atom is 0.295 e. The lowest BCUT2D eigenvalue weighted by Gasteiger charge is -2.11. The first kappa shape index (κ1) is 15.4. The highest BCUT2D eigenvalue weighted by molar-refractivity contribution is 9.10. The van der Waals surface area contributed by atoms with Crippen LogP contribution in [0.2, 0.25) is 0 Å². The van der Waals surface area contributed by atoms with Gasteiger partial charge < -0.3 is 10.2 Å². The number of benzene rings is 1. The fourth-order valence-corrected chi connectivity index (χ4v) is 1.70. The Labute approximate surface area is 117 Å². The second-order valence-corrected chi connectivity index (χ2v) is 4.86. The standard InChI is InChI=1S/C11H13BrFN3O3/c1-15(2)11(17)3-4-14-9-5-7(12)8(13)6-10(9)16(18)19/h5-6,14H,3-4H2,1-2H3. The lowest BCUT2D eigenvalue weighted by atomic mass is 10.2. The van der Waals surface area contributed by atoms with Crippen molar-refractivity contribution in [2.45, 2.75) is 6.42 Å². The largest absolute Gasteiger partial charge is 0.379 e. The summed E-state index contributed by atoms with van der Waals surface area (Å²) in [5.74, 6) is -0.807. The third kappa shape index (κ3) is 4.16. The minimum Gasteiger partial charge on any atom is -0.379 e. The van der Waals surface area contributed by atoms with Crippen molar-refractivity contribution in [3.8, 4) is 0 Å². The van der Waals surface area contributed by atoms with Gasteiger partial charge in [-0.1, -0.05) is 0 Å². The van der Waals surface area contributed by atoms with Crippen LogP contribution in [0.25, 0.3) is 0 Å². The molecular formula is C11H13BrFN3O3. The molecular weight excluding hydrogens is 321 g/mol. The van der Waals surface area contributed by atoms with Crippen LogP contribution in [0.15, 0.2) is 16.6 Å². The SMILES string of the molecule is CN(C)C(=O)CCNc1cc(Br)c(F)cc1[N+](=O)[O-]. The van der Waals surface area contributed by atoms with Crippen molar-refractivity contribution in [2.24, 2.45) is 0 Å². The van der Waals surface area contributed by atoms with Crippen molar-refractivity contribution in [3.63, 3.8) is 0 Å². The number of carbonyl (C=O) groups excluding carboxylic acids is 1. The third-order valence-electron chi connectivity index (χ3n) is 2.39. The summed E-state index contributed by atoms with van der Waals surface area (Å²) in [6.07, 6.45) is 0.194. The molecule has 0 aliphatic heterocycles. The molecule has 0 aliphatic carbocycles. The van der Waals surface area contributed by atoms with E-state index in [1.54, 1.807) is 14.1 Å². The van der Waals surface area contributed by atoms with Gasteiger partial charge in [-0.3, -0.25) is 14.9 Å². The molecule has 0 bridgehead atoms. The molecule has 0 radical (unpaired) electrons. The average molecular weight is 334 g/mol. The molecule has 104 valence electrons. The van der Waals surface area contributed by atoms with E-state index in [-0.39, 0.29) is 34.7 Å². The topological polar surface area (TPSA) is 75.5 Å². The van der Waals surface area contributed by atoms with E-state index in [2.05, 4.69) is 21.2 Å². The second kappa shape index (κ2) is 6.46. The molecule has 19 heavy (non-hydrogen) atoms. The average Bonchev–Trinajstić information content (AvgIpc) is 2.32. The van der Waals surface area contributed by atoms with Crippen molar-refractivity contribution < 1.29 is 14.1 Å². The van der Waals surface area contributed by atoms with E-state index < -0.39 is 10.7 Å². The number of hydrogen-bond acceptors (Lipinski definition) is 4. The Morgan fingerprint density at radius 3 is 2.68 bits per heavy atom. The van der Waals surface area contributed by atoms with E-state index in [4.69, 9.17) is 0 Å². The monoisotopic (exact) mass is 333 g/mol. The molecule has 1 amide bonds. The molecule has 0 aromatic heterocycles. The Morgan fingerprint density at radius 2 is 2.16 bits per heavy atom. The van der Waals surface area contributed by atoms with Gasteiger partial charge in [-0.2, -0.15) is 0 Å². The van der Waals surface area contributed by atoms with Gasteiger partial charge in [0.1, 0.15) is 11.5 Å². The van der Waals surface area contributed by atoms with Crippen LogP contribution in [0.5, 0.6) is 0 Å². The number of hydrogen-bond donors (Lipinski definition) is 1. The minimum absolute atomic E-state index is 0.101. The summed E-state index contributed by atoms with van der Waals surface area (Å²) in [4.78, 5) is 22.9. The van der Waals surface area contributed by atoms with Crippen molar-refractivity contribution in [1.82, 2.24) is 4.90 Å². The summed E-state index contributed by atoms with van der Waals surface area (Å²) in [6, 6.07) is 2.12. The second-order valence-electron chi connectivity index (χ2n) is 4.01. The van der Waals surface area contributed by atoms with Crippen LogP contribution >= 0.6 is 15.9 Å². The summed E-state index contributed by atoms with van der Waals surface area (Å²) >= 11 is 2.96. The maximum atomic E-state index is 13.2.